The molecule has 0 unspecified atom stereocenters. The summed E-state index contributed by atoms with van der Waals surface area (Å²) in [5.74, 6) is 0.786. The third-order valence-electron chi connectivity index (χ3n) is 1.01. The highest BCUT2D eigenvalue weighted by Crippen LogP contribution is 2.04. The second kappa shape index (κ2) is 5.56. The van der Waals surface area contributed by atoms with E-state index in [1.807, 2.05) is 6.92 Å². The molecule has 0 aromatic carbocycles. The fourth-order valence-corrected chi connectivity index (χ4v) is 1.03. The van der Waals surface area contributed by atoms with E-state index in [9.17, 15) is 4.79 Å². The number of nitrogens with zero attached hydrogens (tertiary/aromatic N) is 1. The fraction of sp³-hybridized carbons (Fsp3) is 0.833. The lowest BCUT2D eigenvalue weighted by molar-refractivity contribution is 0.211. The second-order valence-electron chi connectivity index (χ2n) is 1.84. The Labute approximate surface area is 65.4 Å². The Balaban J connectivity index is 3.49. The third kappa shape index (κ3) is 3.74. The average molecular weight is 163 g/mol. The zero-order valence-corrected chi connectivity index (χ0v) is 7.15. The van der Waals surface area contributed by atoms with Crippen LogP contribution in [0.3, 0.4) is 0 Å². The number of aliphatic hydroxyl groups is 1. The summed E-state index contributed by atoms with van der Waals surface area (Å²) in [6, 6.07) is 0. The molecule has 0 fully saturated rings. The molecule has 3 nitrogen and oxygen atoms in total. The van der Waals surface area contributed by atoms with E-state index in [1.165, 1.54) is 16.7 Å². The highest BCUT2D eigenvalue weighted by molar-refractivity contribution is 8.13. The second-order valence-corrected chi connectivity index (χ2v) is 3.06. The van der Waals surface area contributed by atoms with Crippen LogP contribution >= 0.6 is 11.8 Å². The van der Waals surface area contributed by atoms with Gasteiger partial charge in [0.1, 0.15) is 0 Å². The summed E-state index contributed by atoms with van der Waals surface area (Å²) in [5, 5.41) is 8.48. The molecule has 1 amide bonds. The van der Waals surface area contributed by atoms with Crippen LogP contribution in [0.1, 0.15) is 6.92 Å². The molecule has 0 aromatic rings. The minimum absolute atomic E-state index is 0.0246. The van der Waals surface area contributed by atoms with Crippen LogP contribution in [0.15, 0.2) is 0 Å². The van der Waals surface area contributed by atoms with Gasteiger partial charge in [-0.05, 0) is 5.75 Å². The van der Waals surface area contributed by atoms with Crippen LogP contribution in [0.2, 0.25) is 0 Å². The summed E-state index contributed by atoms with van der Waals surface area (Å²) in [6.07, 6.45) is 0. The van der Waals surface area contributed by atoms with E-state index in [-0.39, 0.29) is 11.8 Å². The number of amides is 1. The Hall–Kier alpha value is -0.220. The van der Waals surface area contributed by atoms with Crippen molar-refractivity contribution in [3.05, 3.63) is 0 Å². The van der Waals surface area contributed by atoms with Crippen molar-refractivity contribution >= 4 is 17.0 Å². The van der Waals surface area contributed by atoms with Gasteiger partial charge in [0.25, 0.3) is 5.24 Å². The largest absolute Gasteiger partial charge is 0.395 e. The molecule has 0 aliphatic rings. The van der Waals surface area contributed by atoms with Gasteiger partial charge in [0, 0.05) is 13.6 Å². The molecule has 0 bridgehead atoms. The summed E-state index contributed by atoms with van der Waals surface area (Å²) < 4.78 is 0. The Kier molecular flexibility index (Phi) is 5.43. The topological polar surface area (TPSA) is 40.5 Å². The van der Waals surface area contributed by atoms with E-state index in [2.05, 4.69) is 0 Å². The van der Waals surface area contributed by atoms with Crippen LogP contribution in [0.4, 0.5) is 4.79 Å². The minimum Gasteiger partial charge on any atom is -0.395 e. The van der Waals surface area contributed by atoms with Crippen molar-refractivity contribution in [1.29, 1.82) is 0 Å². The number of carbonyl (C=O) groups is 1. The normalized spacial score (nSPS) is 9.50. The highest BCUT2D eigenvalue weighted by atomic mass is 32.2. The quantitative estimate of drug-likeness (QED) is 0.668. The van der Waals surface area contributed by atoms with Crippen molar-refractivity contribution in [2.75, 3.05) is 26.0 Å². The SMILES string of the molecule is CCSC(=O)N(C)CCO. The van der Waals surface area contributed by atoms with Crippen LogP contribution in [-0.2, 0) is 0 Å². The number of hydrogen-bond donors (Lipinski definition) is 1. The molecule has 4 heteroatoms. The van der Waals surface area contributed by atoms with Crippen LogP contribution < -0.4 is 0 Å². The van der Waals surface area contributed by atoms with Crippen molar-refractivity contribution in [3.63, 3.8) is 0 Å². The van der Waals surface area contributed by atoms with E-state index in [1.54, 1.807) is 7.05 Å². The van der Waals surface area contributed by atoms with E-state index in [4.69, 9.17) is 5.11 Å². The van der Waals surface area contributed by atoms with E-state index >= 15 is 0 Å². The van der Waals surface area contributed by atoms with Gasteiger partial charge in [0.15, 0.2) is 0 Å². The van der Waals surface area contributed by atoms with Gasteiger partial charge in [0.2, 0.25) is 0 Å². The molecular weight excluding hydrogens is 150 g/mol. The standard InChI is InChI=1S/C6H13NO2S/c1-3-10-6(9)7(2)4-5-8/h8H,3-5H2,1-2H3. The summed E-state index contributed by atoms with van der Waals surface area (Å²) in [7, 11) is 1.68. The predicted octanol–water partition coefficient (Wildman–Crippen LogP) is 0.784. The molecule has 0 radical (unpaired) electrons. The number of thioether (sulfide) groups is 1. The molecule has 0 atom stereocenters. The maximum absolute atomic E-state index is 10.9. The molecule has 1 N–H and O–H groups in total. The third-order valence-corrected chi connectivity index (χ3v) is 1.86. The zero-order valence-electron chi connectivity index (χ0n) is 6.33. The van der Waals surface area contributed by atoms with E-state index < -0.39 is 0 Å². The molecule has 0 aliphatic heterocycles. The Morgan fingerprint density at radius 2 is 2.30 bits per heavy atom. The van der Waals surface area contributed by atoms with Crippen LogP contribution in [0.25, 0.3) is 0 Å². The fourth-order valence-electron chi connectivity index (χ4n) is 0.475. The average Bonchev–Trinajstić information content (AvgIpc) is 1.89. The van der Waals surface area contributed by atoms with Gasteiger partial charge < -0.3 is 10.0 Å². The van der Waals surface area contributed by atoms with E-state index in [0.717, 1.165) is 5.75 Å². The first kappa shape index (κ1) is 9.78. The summed E-state index contributed by atoms with van der Waals surface area (Å²) in [6.45, 7) is 2.38. The molecular formula is C6H13NO2S. The van der Waals surface area contributed by atoms with Gasteiger partial charge in [-0.3, -0.25) is 4.79 Å². The van der Waals surface area contributed by atoms with Gasteiger partial charge in [0.05, 0.1) is 6.61 Å². The molecule has 10 heavy (non-hydrogen) atoms. The van der Waals surface area contributed by atoms with Gasteiger partial charge in [-0.15, -0.1) is 0 Å². The minimum atomic E-state index is 0.0246. The summed E-state index contributed by atoms with van der Waals surface area (Å²) in [5.41, 5.74) is 0. The number of carbonyl (C=O) groups excluding carboxylic acids is 1. The molecule has 0 saturated carbocycles. The first-order valence-electron chi connectivity index (χ1n) is 3.21. The smallest absolute Gasteiger partial charge is 0.281 e. The Morgan fingerprint density at radius 3 is 2.70 bits per heavy atom. The van der Waals surface area contributed by atoms with Gasteiger partial charge in [-0.1, -0.05) is 18.7 Å². The number of hydrogen-bond acceptors (Lipinski definition) is 3. The van der Waals surface area contributed by atoms with Crippen molar-refractivity contribution in [1.82, 2.24) is 4.90 Å². The number of likely N-dealkylation sites (N-methyl/N-ethyl adjacent to an activating group) is 1. The molecule has 0 spiro atoms. The van der Waals surface area contributed by atoms with E-state index in [0.29, 0.717) is 6.54 Å². The van der Waals surface area contributed by atoms with Crippen molar-refractivity contribution in [2.24, 2.45) is 0 Å². The molecule has 0 saturated heterocycles. The van der Waals surface area contributed by atoms with Crippen molar-refractivity contribution < 1.29 is 9.90 Å². The first-order chi connectivity index (χ1) is 4.72. The maximum Gasteiger partial charge on any atom is 0.281 e. The number of aliphatic hydroxyl groups excluding tert-OH is 1. The van der Waals surface area contributed by atoms with Crippen LogP contribution in [0.5, 0.6) is 0 Å². The molecule has 0 aromatic heterocycles. The molecule has 0 heterocycles. The maximum atomic E-state index is 10.9. The molecule has 0 rings (SSSR count). The lowest BCUT2D eigenvalue weighted by Gasteiger charge is -2.13. The molecule has 0 aliphatic carbocycles. The molecule has 60 valence electrons. The predicted molar refractivity (Wildman–Crippen MR) is 43.2 cm³/mol. The zero-order chi connectivity index (χ0) is 7.98. The van der Waals surface area contributed by atoms with Gasteiger partial charge in [-0.25, -0.2) is 0 Å². The summed E-state index contributed by atoms with van der Waals surface area (Å²) in [4.78, 5) is 12.4. The monoisotopic (exact) mass is 163 g/mol. The first-order valence-corrected chi connectivity index (χ1v) is 4.19. The summed E-state index contributed by atoms with van der Waals surface area (Å²) >= 11 is 1.26. The van der Waals surface area contributed by atoms with Crippen molar-refractivity contribution in [3.8, 4) is 0 Å². The number of rotatable bonds is 3. The van der Waals surface area contributed by atoms with Gasteiger partial charge in [-0.2, -0.15) is 0 Å². The van der Waals surface area contributed by atoms with Crippen molar-refractivity contribution in [2.45, 2.75) is 6.92 Å². The Bertz CT molecular complexity index is 108. The Morgan fingerprint density at radius 1 is 1.70 bits per heavy atom. The highest BCUT2D eigenvalue weighted by Gasteiger charge is 2.05. The van der Waals surface area contributed by atoms with Gasteiger partial charge >= 0.3 is 0 Å². The lowest BCUT2D eigenvalue weighted by Crippen LogP contribution is -2.25. The van der Waals surface area contributed by atoms with Crippen LogP contribution in [0, 0.1) is 0 Å². The van der Waals surface area contributed by atoms with Crippen LogP contribution in [-0.4, -0.2) is 41.2 Å². The lowest BCUT2D eigenvalue weighted by atomic mass is 10.6.